The molecular formula is C14H24N2O3S. The maximum atomic E-state index is 12.2. The van der Waals surface area contributed by atoms with Crippen molar-refractivity contribution >= 4 is 15.7 Å². The van der Waals surface area contributed by atoms with Crippen LogP contribution >= 0.6 is 0 Å². The largest absolute Gasteiger partial charge is 0.399 e. The summed E-state index contributed by atoms with van der Waals surface area (Å²) in [4.78, 5) is 0.225. The van der Waals surface area contributed by atoms with E-state index >= 15 is 0 Å². The third-order valence-corrected chi connectivity index (χ3v) is 4.77. The minimum absolute atomic E-state index is 0.0768. The molecule has 0 saturated carbocycles. The quantitative estimate of drug-likeness (QED) is 0.637. The van der Waals surface area contributed by atoms with Crippen LogP contribution in [0.1, 0.15) is 31.7 Å². The van der Waals surface area contributed by atoms with Crippen LogP contribution in [0.2, 0.25) is 0 Å². The highest BCUT2D eigenvalue weighted by molar-refractivity contribution is 7.89. The fraction of sp³-hybridized carbons (Fsp3) is 0.571. The first-order valence-electron chi connectivity index (χ1n) is 6.87. The summed E-state index contributed by atoms with van der Waals surface area (Å²) >= 11 is 0. The van der Waals surface area contributed by atoms with Gasteiger partial charge >= 0.3 is 0 Å². The summed E-state index contributed by atoms with van der Waals surface area (Å²) in [6.07, 6.45) is 2.47. The van der Waals surface area contributed by atoms with Crippen LogP contribution < -0.4 is 10.5 Å². The second-order valence-electron chi connectivity index (χ2n) is 5.04. The molecule has 4 N–H and O–H groups in total. The Balaban J connectivity index is 2.75. The van der Waals surface area contributed by atoms with E-state index in [-0.39, 0.29) is 17.4 Å². The first-order valence-corrected chi connectivity index (χ1v) is 8.35. The monoisotopic (exact) mass is 300 g/mol. The highest BCUT2D eigenvalue weighted by Crippen LogP contribution is 2.17. The van der Waals surface area contributed by atoms with Crippen LogP contribution in [0.3, 0.4) is 0 Å². The highest BCUT2D eigenvalue weighted by atomic mass is 32.2. The molecule has 0 aliphatic heterocycles. The van der Waals surface area contributed by atoms with Crippen molar-refractivity contribution in [3.8, 4) is 0 Å². The van der Waals surface area contributed by atoms with Gasteiger partial charge in [-0.05, 0) is 49.4 Å². The lowest BCUT2D eigenvalue weighted by Crippen LogP contribution is -2.30. The summed E-state index contributed by atoms with van der Waals surface area (Å²) in [5.74, 6) is 0.162. The molecular weight excluding hydrogens is 276 g/mol. The van der Waals surface area contributed by atoms with E-state index in [0.29, 0.717) is 18.7 Å². The minimum atomic E-state index is -3.52. The number of hydrogen-bond acceptors (Lipinski definition) is 4. The molecule has 1 unspecified atom stereocenters. The minimum Gasteiger partial charge on any atom is -0.399 e. The molecule has 0 aliphatic rings. The molecule has 114 valence electrons. The lowest BCUT2D eigenvalue weighted by molar-refractivity contribution is 0.251. The molecule has 1 aromatic carbocycles. The summed E-state index contributed by atoms with van der Waals surface area (Å²) in [5.41, 5.74) is 7.01. The Morgan fingerprint density at radius 1 is 1.35 bits per heavy atom. The lowest BCUT2D eigenvalue weighted by Gasteiger charge is -2.16. The van der Waals surface area contributed by atoms with Crippen molar-refractivity contribution in [2.24, 2.45) is 5.92 Å². The number of sulfonamides is 1. The van der Waals surface area contributed by atoms with E-state index in [1.54, 1.807) is 19.1 Å². The predicted molar refractivity (Wildman–Crippen MR) is 80.9 cm³/mol. The van der Waals surface area contributed by atoms with E-state index in [4.69, 9.17) is 10.8 Å². The molecule has 0 heterocycles. The predicted octanol–water partition coefficient (Wildman–Crippen LogP) is 1.65. The second kappa shape index (κ2) is 7.61. The zero-order valence-corrected chi connectivity index (χ0v) is 12.9. The molecule has 1 aromatic rings. The summed E-state index contributed by atoms with van der Waals surface area (Å²) in [7, 11) is -3.52. The van der Waals surface area contributed by atoms with Crippen LogP contribution in [0.4, 0.5) is 5.69 Å². The number of benzene rings is 1. The van der Waals surface area contributed by atoms with Crippen LogP contribution in [0, 0.1) is 12.8 Å². The number of aryl methyl sites for hydroxylation is 1. The van der Waals surface area contributed by atoms with Gasteiger partial charge in [0, 0.05) is 18.8 Å². The number of hydrogen-bond donors (Lipinski definition) is 3. The molecule has 0 bridgehead atoms. The average molecular weight is 300 g/mol. The molecule has 0 radical (unpaired) electrons. The SMILES string of the molecule is CCCC(CCO)CNS(=O)(=O)c1ccc(N)c(C)c1. The van der Waals surface area contributed by atoms with Gasteiger partial charge in [-0.2, -0.15) is 0 Å². The summed E-state index contributed by atoms with van der Waals surface area (Å²) in [6.45, 7) is 4.25. The number of aliphatic hydroxyl groups is 1. The van der Waals surface area contributed by atoms with Crippen LogP contribution in [0.5, 0.6) is 0 Å². The first-order chi connectivity index (χ1) is 9.40. The maximum Gasteiger partial charge on any atom is 0.240 e. The number of rotatable bonds is 8. The second-order valence-corrected chi connectivity index (χ2v) is 6.80. The smallest absolute Gasteiger partial charge is 0.240 e. The van der Waals surface area contributed by atoms with Crippen molar-refractivity contribution in [1.82, 2.24) is 4.72 Å². The molecule has 0 amide bonds. The van der Waals surface area contributed by atoms with Crippen molar-refractivity contribution in [3.05, 3.63) is 23.8 Å². The third-order valence-electron chi connectivity index (χ3n) is 3.35. The van der Waals surface area contributed by atoms with Gasteiger partial charge in [-0.3, -0.25) is 0 Å². The Kier molecular flexibility index (Phi) is 6.45. The number of aliphatic hydroxyl groups excluding tert-OH is 1. The van der Waals surface area contributed by atoms with Crippen LogP contribution in [-0.4, -0.2) is 26.7 Å². The van der Waals surface area contributed by atoms with E-state index in [0.717, 1.165) is 18.4 Å². The average Bonchev–Trinajstić information content (AvgIpc) is 2.39. The normalized spacial score (nSPS) is 13.3. The molecule has 20 heavy (non-hydrogen) atoms. The number of anilines is 1. The summed E-state index contributed by atoms with van der Waals surface area (Å²) in [6, 6.07) is 4.67. The molecule has 5 nitrogen and oxygen atoms in total. The van der Waals surface area contributed by atoms with Crippen molar-refractivity contribution in [3.63, 3.8) is 0 Å². The van der Waals surface area contributed by atoms with Gasteiger partial charge in [-0.25, -0.2) is 13.1 Å². The van der Waals surface area contributed by atoms with Crippen molar-refractivity contribution < 1.29 is 13.5 Å². The van der Waals surface area contributed by atoms with Gasteiger partial charge in [0.2, 0.25) is 10.0 Å². The van der Waals surface area contributed by atoms with Gasteiger partial charge in [-0.15, -0.1) is 0 Å². The summed E-state index contributed by atoms with van der Waals surface area (Å²) in [5, 5.41) is 8.99. The zero-order chi connectivity index (χ0) is 15.2. The first kappa shape index (κ1) is 16.9. The fourth-order valence-corrected chi connectivity index (χ4v) is 3.27. The third kappa shape index (κ3) is 4.77. The van der Waals surface area contributed by atoms with E-state index in [1.807, 2.05) is 6.92 Å². The van der Waals surface area contributed by atoms with E-state index < -0.39 is 10.0 Å². The van der Waals surface area contributed by atoms with Crippen LogP contribution in [-0.2, 0) is 10.0 Å². The van der Waals surface area contributed by atoms with Gasteiger partial charge in [0.05, 0.1) is 4.90 Å². The van der Waals surface area contributed by atoms with Crippen molar-refractivity contribution in [2.75, 3.05) is 18.9 Å². The molecule has 1 atom stereocenters. The Morgan fingerprint density at radius 2 is 2.05 bits per heavy atom. The molecule has 6 heteroatoms. The van der Waals surface area contributed by atoms with Crippen molar-refractivity contribution in [2.45, 2.75) is 38.0 Å². The molecule has 0 aliphatic carbocycles. The molecule has 0 spiro atoms. The number of nitrogen functional groups attached to an aromatic ring is 1. The van der Waals surface area contributed by atoms with Gasteiger partial charge in [0.1, 0.15) is 0 Å². The van der Waals surface area contributed by atoms with E-state index in [9.17, 15) is 8.42 Å². The number of nitrogens with one attached hydrogen (secondary N) is 1. The molecule has 0 saturated heterocycles. The van der Waals surface area contributed by atoms with Gasteiger partial charge in [0.25, 0.3) is 0 Å². The Bertz CT molecular complexity index is 523. The maximum absolute atomic E-state index is 12.2. The Hall–Kier alpha value is -1.11. The van der Waals surface area contributed by atoms with Crippen LogP contribution in [0.15, 0.2) is 23.1 Å². The van der Waals surface area contributed by atoms with Gasteiger partial charge in [0.15, 0.2) is 0 Å². The Morgan fingerprint density at radius 3 is 2.60 bits per heavy atom. The Labute approximate surface area is 121 Å². The number of nitrogens with two attached hydrogens (primary N) is 1. The van der Waals surface area contributed by atoms with Gasteiger partial charge < -0.3 is 10.8 Å². The van der Waals surface area contributed by atoms with E-state index in [1.165, 1.54) is 6.07 Å². The lowest BCUT2D eigenvalue weighted by atomic mass is 10.0. The fourth-order valence-electron chi connectivity index (χ4n) is 2.07. The van der Waals surface area contributed by atoms with Crippen molar-refractivity contribution in [1.29, 1.82) is 0 Å². The molecule has 1 rings (SSSR count). The van der Waals surface area contributed by atoms with E-state index in [2.05, 4.69) is 4.72 Å². The molecule has 0 aromatic heterocycles. The van der Waals surface area contributed by atoms with Gasteiger partial charge in [-0.1, -0.05) is 13.3 Å². The standard InChI is InChI=1S/C14H24N2O3S/c1-3-4-12(7-8-17)10-16-20(18,19)13-5-6-14(15)11(2)9-13/h5-6,9,12,16-17H,3-4,7-8,10,15H2,1-2H3. The van der Waals surface area contributed by atoms with Crippen LogP contribution in [0.25, 0.3) is 0 Å². The zero-order valence-electron chi connectivity index (χ0n) is 12.1. The topological polar surface area (TPSA) is 92.4 Å². The summed E-state index contributed by atoms with van der Waals surface area (Å²) < 4.78 is 27.0. The molecule has 0 fully saturated rings. The highest BCUT2D eigenvalue weighted by Gasteiger charge is 2.17.